The number of hydrogen-bond donors (Lipinski definition) is 3. The number of nitrogens with zero attached hydrogens (tertiary/aromatic N) is 1. The lowest BCUT2D eigenvalue weighted by Gasteiger charge is -2.28. The number of likely N-dealkylation sites (N-methyl/N-ethyl adjacent to an activating group) is 1. The predicted molar refractivity (Wildman–Crippen MR) is 89.9 cm³/mol. The van der Waals surface area contributed by atoms with Crippen molar-refractivity contribution in [2.24, 2.45) is 5.73 Å². The third-order valence-electron chi connectivity index (χ3n) is 3.82. The van der Waals surface area contributed by atoms with Crippen LogP contribution in [0.4, 0.5) is 24.5 Å². The predicted octanol–water partition coefficient (Wildman–Crippen LogP) is 0.470. The second kappa shape index (κ2) is 8.35. The molecule has 1 saturated heterocycles. The fraction of sp³-hybridized carbons (Fsp3) is 0.438. The number of ether oxygens (including phenoxy) is 1. The first-order chi connectivity index (χ1) is 12.6. The number of anilines is 2. The number of amides is 3. The van der Waals surface area contributed by atoms with E-state index in [9.17, 15) is 27.6 Å². The number of benzene rings is 1. The monoisotopic (exact) mass is 388 g/mol. The lowest BCUT2D eigenvalue weighted by molar-refractivity contribution is -0.137. The van der Waals surface area contributed by atoms with E-state index in [4.69, 9.17) is 10.5 Å². The van der Waals surface area contributed by atoms with E-state index >= 15 is 0 Å². The standard InChI is InChI=1S/C16H19F3N4O4/c1-2-21-13(14(20)25)15(26)22-11-4-3-9(7-10(11)16(17,18)19)23-5-6-27-8-12(23)24/h3-4,7,13,21H,2,5-6,8H2,1H3,(H2,20,25)(H,22,26)/t13-/m1/s1. The van der Waals surface area contributed by atoms with Crippen molar-refractivity contribution < 1.29 is 32.3 Å². The molecule has 0 unspecified atom stereocenters. The summed E-state index contributed by atoms with van der Waals surface area (Å²) < 4.78 is 45.4. The van der Waals surface area contributed by atoms with Crippen molar-refractivity contribution in [1.82, 2.24) is 5.32 Å². The van der Waals surface area contributed by atoms with Gasteiger partial charge in [-0.25, -0.2) is 0 Å². The minimum atomic E-state index is -4.80. The van der Waals surface area contributed by atoms with E-state index in [1.165, 1.54) is 11.0 Å². The van der Waals surface area contributed by atoms with Gasteiger partial charge in [0, 0.05) is 12.2 Å². The average Bonchev–Trinajstić information content (AvgIpc) is 2.59. The molecule has 0 aliphatic carbocycles. The molecule has 2 rings (SSSR count). The first-order valence-corrected chi connectivity index (χ1v) is 8.08. The van der Waals surface area contributed by atoms with Crippen LogP contribution in [0.3, 0.4) is 0 Å². The number of morpholine rings is 1. The molecule has 1 aromatic carbocycles. The van der Waals surface area contributed by atoms with E-state index in [0.29, 0.717) is 0 Å². The smallest absolute Gasteiger partial charge is 0.370 e. The van der Waals surface area contributed by atoms with Crippen LogP contribution in [0, 0.1) is 0 Å². The maximum Gasteiger partial charge on any atom is 0.418 e. The summed E-state index contributed by atoms with van der Waals surface area (Å²) in [4.78, 5) is 36.5. The van der Waals surface area contributed by atoms with Crippen LogP contribution in [0.1, 0.15) is 12.5 Å². The zero-order valence-corrected chi connectivity index (χ0v) is 14.4. The third-order valence-corrected chi connectivity index (χ3v) is 3.82. The summed E-state index contributed by atoms with van der Waals surface area (Å²) in [6.07, 6.45) is -4.80. The Kier molecular flexibility index (Phi) is 6.39. The number of carbonyl (C=O) groups excluding carboxylic acids is 3. The summed E-state index contributed by atoms with van der Waals surface area (Å²) in [5, 5.41) is 4.57. The van der Waals surface area contributed by atoms with Crippen LogP contribution in [-0.4, -0.2) is 50.1 Å². The van der Waals surface area contributed by atoms with Crippen molar-refractivity contribution in [1.29, 1.82) is 0 Å². The molecule has 1 aromatic rings. The SMILES string of the molecule is CCN[C@H](C(N)=O)C(=O)Nc1ccc(N2CCOCC2=O)cc1C(F)(F)F. The number of primary amides is 1. The Morgan fingerprint density at radius 1 is 1.37 bits per heavy atom. The highest BCUT2D eigenvalue weighted by Crippen LogP contribution is 2.37. The van der Waals surface area contributed by atoms with E-state index in [-0.39, 0.29) is 32.0 Å². The van der Waals surface area contributed by atoms with Crippen LogP contribution in [0.15, 0.2) is 18.2 Å². The number of halogens is 3. The van der Waals surface area contributed by atoms with Crippen molar-refractivity contribution in [3.8, 4) is 0 Å². The Hall–Kier alpha value is -2.66. The number of carbonyl (C=O) groups is 3. The minimum Gasteiger partial charge on any atom is -0.370 e. The van der Waals surface area contributed by atoms with Crippen molar-refractivity contribution in [2.75, 3.05) is 36.5 Å². The highest BCUT2D eigenvalue weighted by atomic mass is 19.4. The summed E-state index contributed by atoms with van der Waals surface area (Å²) in [7, 11) is 0. The van der Waals surface area contributed by atoms with Gasteiger partial charge in [0.1, 0.15) is 6.61 Å². The molecular formula is C16H19F3N4O4. The number of hydrogen-bond acceptors (Lipinski definition) is 5. The van der Waals surface area contributed by atoms with Crippen molar-refractivity contribution >= 4 is 29.1 Å². The summed E-state index contributed by atoms with van der Waals surface area (Å²) in [5.74, 6) is -2.49. The number of nitrogens with one attached hydrogen (secondary N) is 2. The Bertz CT molecular complexity index is 739. The average molecular weight is 388 g/mol. The zero-order chi connectivity index (χ0) is 20.2. The molecule has 148 valence electrons. The van der Waals surface area contributed by atoms with Gasteiger partial charge in [-0.2, -0.15) is 13.2 Å². The maximum atomic E-state index is 13.5. The molecule has 1 heterocycles. The van der Waals surface area contributed by atoms with Crippen LogP contribution < -0.4 is 21.3 Å². The quantitative estimate of drug-likeness (QED) is 0.613. The van der Waals surface area contributed by atoms with Crippen molar-refractivity contribution in [2.45, 2.75) is 19.1 Å². The highest BCUT2D eigenvalue weighted by Gasteiger charge is 2.36. The van der Waals surface area contributed by atoms with Crippen LogP contribution in [0.25, 0.3) is 0 Å². The van der Waals surface area contributed by atoms with Gasteiger partial charge in [-0.15, -0.1) is 0 Å². The Balaban J connectivity index is 2.34. The summed E-state index contributed by atoms with van der Waals surface area (Å²) in [6.45, 7) is 1.92. The van der Waals surface area contributed by atoms with Gasteiger partial charge in [-0.05, 0) is 24.7 Å². The molecule has 8 nitrogen and oxygen atoms in total. The summed E-state index contributed by atoms with van der Waals surface area (Å²) in [5.41, 5.74) is 3.45. The van der Waals surface area contributed by atoms with Gasteiger partial charge < -0.3 is 20.7 Å². The van der Waals surface area contributed by atoms with E-state index in [0.717, 1.165) is 12.1 Å². The second-order valence-corrected chi connectivity index (χ2v) is 5.71. The molecule has 0 saturated carbocycles. The fourth-order valence-corrected chi connectivity index (χ4v) is 2.57. The molecule has 0 radical (unpaired) electrons. The van der Waals surface area contributed by atoms with Gasteiger partial charge in [0.05, 0.1) is 17.9 Å². The molecule has 0 aromatic heterocycles. The topological polar surface area (TPSA) is 114 Å². The summed E-state index contributed by atoms with van der Waals surface area (Å²) >= 11 is 0. The lowest BCUT2D eigenvalue weighted by atomic mass is 10.1. The highest BCUT2D eigenvalue weighted by molar-refractivity contribution is 6.10. The normalized spacial score (nSPS) is 16.1. The Labute approximate surface area is 152 Å². The molecule has 0 bridgehead atoms. The third kappa shape index (κ3) is 4.95. The number of alkyl halides is 3. The number of nitrogens with two attached hydrogens (primary N) is 1. The minimum absolute atomic E-state index is 0.0340. The Morgan fingerprint density at radius 3 is 2.63 bits per heavy atom. The molecule has 1 aliphatic rings. The van der Waals surface area contributed by atoms with Crippen LogP contribution >= 0.6 is 0 Å². The van der Waals surface area contributed by atoms with Gasteiger partial charge in [0.2, 0.25) is 5.91 Å². The van der Waals surface area contributed by atoms with E-state index in [1.54, 1.807) is 6.92 Å². The molecule has 27 heavy (non-hydrogen) atoms. The molecule has 1 aliphatic heterocycles. The molecule has 1 atom stereocenters. The van der Waals surface area contributed by atoms with Gasteiger partial charge in [0.25, 0.3) is 11.8 Å². The Morgan fingerprint density at radius 2 is 2.07 bits per heavy atom. The first-order valence-electron chi connectivity index (χ1n) is 8.08. The molecular weight excluding hydrogens is 369 g/mol. The largest absolute Gasteiger partial charge is 0.418 e. The molecule has 1 fully saturated rings. The van der Waals surface area contributed by atoms with Crippen LogP contribution in [0.5, 0.6) is 0 Å². The van der Waals surface area contributed by atoms with Gasteiger partial charge in [0.15, 0.2) is 6.04 Å². The van der Waals surface area contributed by atoms with Crippen LogP contribution in [0.2, 0.25) is 0 Å². The maximum absolute atomic E-state index is 13.5. The van der Waals surface area contributed by atoms with E-state index < -0.39 is 41.2 Å². The van der Waals surface area contributed by atoms with E-state index in [1.807, 2.05) is 0 Å². The van der Waals surface area contributed by atoms with Crippen LogP contribution in [-0.2, 0) is 25.3 Å². The van der Waals surface area contributed by atoms with E-state index in [2.05, 4.69) is 10.6 Å². The molecule has 0 spiro atoms. The zero-order valence-electron chi connectivity index (χ0n) is 14.4. The fourth-order valence-electron chi connectivity index (χ4n) is 2.57. The number of rotatable bonds is 6. The van der Waals surface area contributed by atoms with Gasteiger partial charge >= 0.3 is 6.18 Å². The molecule has 4 N–H and O–H groups in total. The van der Waals surface area contributed by atoms with Crippen molar-refractivity contribution in [3.05, 3.63) is 23.8 Å². The van der Waals surface area contributed by atoms with Crippen molar-refractivity contribution in [3.63, 3.8) is 0 Å². The lowest BCUT2D eigenvalue weighted by Crippen LogP contribution is -2.49. The first kappa shape index (κ1) is 20.6. The van der Waals surface area contributed by atoms with Gasteiger partial charge in [-0.1, -0.05) is 6.92 Å². The molecule has 11 heteroatoms. The molecule has 3 amide bonds. The van der Waals surface area contributed by atoms with Gasteiger partial charge in [-0.3, -0.25) is 19.7 Å². The second-order valence-electron chi connectivity index (χ2n) is 5.71. The summed E-state index contributed by atoms with van der Waals surface area (Å²) in [6, 6.07) is 1.60.